The highest BCUT2D eigenvalue weighted by Crippen LogP contribution is 2.36. The van der Waals surface area contributed by atoms with Crippen molar-refractivity contribution in [2.45, 2.75) is 45.3 Å². The summed E-state index contributed by atoms with van der Waals surface area (Å²) < 4.78 is 7.02. The second-order valence-corrected chi connectivity index (χ2v) is 6.34. The summed E-state index contributed by atoms with van der Waals surface area (Å²) in [4.78, 5) is 5.78. The van der Waals surface area contributed by atoms with Crippen molar-refractivity contribution in [2.24, 2.45) is 0 Å². The third-order valence-corrected chi connectivity index (χ3v) is 4.94. The monoisotopic (exact) mass is 307 g/mol. The molecule has 6 heteroatoms. The molecular weight excluding hydrogens is 286 g/mol. The number of aliphatic hydroxyl groups excluding tert-OH is 1. The smallest absolute Gasteiger partial charge is 0.179 e. The van der Waals surface area contributed by atoms with Crippen molar-refractivity contribution >= 4 is 11.3 Å². The van der Waals surface area contributed by atoms with Crippen LogP contribution < -0.4 is 0 Å². The van der Waals surface area contributed by atoms with E-state index in [1.807, 2.05) is 4.68 Å². The topological polar surface area (TPSA) is 60.2 Å². The number of hydrogen-bond acceptors (Lipinski definition) is 5. The van der Waals surface area contributed by atoms with E-state index in [1.165, 1.54) is 35.3 Å². The van der Waals surface area contributed by atoms with Gasteiger partial charge < -0.3 is 9.84 Å². The van der Waals surface area contributed by atoms with Crippen LogP contribution in [0.5, 0.6) is 0 Å². The van der Waals surface area contributed by atoms with Gasteiger partial charge in [-0.25, -0.2) is 9.67 Å². The highest BCUT2D eigenvalue weighted by molar-refractivity contribution is 7.13. The summed E-state index contributed by atoms with van der Waals surface area (Å²) in [5.41, 5.74) is 2.88. The zero-order valence-electron chi connectivity index (χ0n) is 12.5. The molecule has 114 valence electrons. The van der Waals surface area contributed by atoms with E-state index in [9.17, 15) is 5.11 Å². The lowest BCUT2D eigenvalue weighted by Crippen LogP contribution is -2.09. The Bertz CT molecular complexity index is 618. The number of methoxy groups -OCH3 is 1. The molecule has 21 heavy (non-hydrogen) atoms. The number of aliphatic hydroxyl groups is 1. The van der Waals surface area contributed by atoms with Crippen LogP contribution in [-0.2, 0) is 24.1 Å². The normalized spacial score (nSPS) is 16.0. The fraction of sp³-hybridized carbons (Fsp3) is 0.600. The average molecular weight is 307 g/mol. The Morgan fingerprint density at radius 2 is 2.24 bits per heavy atom. The van der Waals surface area contributed by atoms with Crippen LogP contribution >= 0.6 is 11.3 Å². The Hall–Kier alpha value is -1.24. The first kappa shape index (κ1) is 14.7. The standard InChI is InChI=1S/C15H21N3O2S/c1-10(19)14-16-15(18(17-14)7-8-20-2)13-12-6-4-3-5-11(12)9-21-13/h9-10,19H,3-8H2,1-2H3. The highest BCUT2D eigenvalue weighted by atomic mass is 32.1. The van der Waals surface area contributed by atoms with Crippen LogP contribution in [0.3, 0.4) is 0 Å². The minimum atomic E-state index is -0.650. The van der Waals surface area contributed by atoms with Crippen LogP contribution in [0.2, 0.25) is 0 Å². The lowest BCUT2D eigenvalue weighted by molar-refractivity contribution is 0.178. The highest BCUT2D eigenvalue weighted by Gasteiger charge is 2.22. The number of fused-ring (bicyclic) bond motifs is 1. The lowest BCUT2D eigenvalue weighted by atomic mass is 9.94. The SMILES string of the molecule is COCCn1nc(C(C)O)nc1-c1scc2c1CCCC2. The Labute approximate surface area is 128 Å². The van der Waals surface area contributed by atoms with Crippen molar-refractivity contribution in [1.82, 2.24) is 14.8 Å². The van der Waals surface area contributed by atoms with Crippen LogP contribution in [-0.4, -0.2) is 33.6 Å². The first-order chi connectivity index (χ1) is 10.2. The number of thiophene rings is 1. The molecule has 0 aliphatic heterocycles. The molecule has 0 saturated heterocycles. The number of aromatic nitrogens is 3. The van der Waals surface area contributed by atoms with E-state index in [0.717, 1.165) is 12.2 Å². The first-order valence-electron chi connectivity index (χ1n) is 7.42. The molecule has 0 aromatic carbocycles. The Morgan fingerprint density at radius 1 is 1.43 bits per heavy atom. The average Bonchev–Trinajstić information content (AvgIpc) is 3.08. The van der Waals surface area contributed by atoms with Gasteiger partial charge in [0.05, 0.1) is 18.0 Å². The van der Waals surface area contributed by atoms with Crippen LogP contribution in [0.4, 0.5) is 0 Å². The molecule has 1 aliphatic carbocycles. The van der Waals surface area contributed by atoms with E-state index < -0.39 is 6.10 Å². The molecule has 0 spiro atoms. The zero-order chi connectivity index (χ0) is 14.8. The van der Waals surface area contributed by atoms with Gasteiger partial charge in [0.15, 0.2) is 11.6 Å². The third kappa shape index (κ3) is 2.88. The molecule has 3 rings (SSSR count). The van der Waals surface area contributed by atoms with Crippen molar-refractivity contribution < 1.29 is 9.84 Å². The largest absolute Gasteiger partial charge is 0.385 e. The quantitative estimate of drug-likeness (QED) is 0.922. The number of nitrogens with zero attached hydrogens (tertiary/aromatic N) is 3. The third-order valence-electron chi connectivity index (χ3n) is 3.88. The van der Waals surface area contributed by atoms with Gasteiger partial charge in [0.1, 0.15) is 6.10 Å². The maximum atomic E-state index is 9.76. The van der Waals surface area contributed by atoms with E-state index >= 15 is 0 Å². The van der Waals surface area contributed by atoms with Gasteiger partial charge >= 0.3 is 0 Å². The molecule has 5 nitrogen and oxygen atoms in total. The summed E-state index contributed by atoms with van der Waals surface area (Å²) in [6.45, 7) is 2.94. The molecule has 1 aliphatic rings. The fourth-order valence-electron chi connectivity index (χ4n) is 2.75. The van der Waals surface area contributed by atoms with Gasteiger partial charge in [0, 0.05) is 7.11 Å². The summed E-state index contributed by atoms with van der Waals surface area (Å²) in [5, 5.41) is 16.4. The van der Waals surface area contributed by atoms with Gasteiger partial charge in [-0.1, -0.05) is 0 Å². The lowest BCUT2D eigenvalue weighted by Gasteiger charge is -2.13. The number of aryl methyl sites for hydroxylation is 1. The molecule has 1 unspecified atom stereocenters. The minimum Gasteiger partial charge on any atom is -0.385 e. The van der Waals surface area contributed by atoms with Crippen molar-refractivity contribution in [3.63, 3.8) is 0 Å². The van der Waals surface area contributed by atoms with Crippen LogP contribution in [0, 0.1) is 0 Å². The van der Waals surface area contributed by atoms with Gasteiger partial charge in [-0.2, -0.15) is 5.10 Å². The number of rotatable bonds is 5. The molecule has 2 aromatic rings. The van der Waals surface area contributed by atoms with Gasteiger partial charge in [0.25, 0.3) is 0 Å². The second-order valence-electron chi connectivity index (χ2n) is 5.46. The predicted molar refractivity (Wildman–Crippen MR) is 82.5 cm³/mol. The molecule has 2 heterocycles. The molecule has 0 amide bonds. The van der Waals surface area contributed by atoms with E-state index in [2.05, 4.69) is 15.5 Å². The molecule has 1 N–H and O–H groups in total. The van der Waals surface area contributed by atoms with Gasteiger partial charge in [0.2, 0.25) is 0 Å². The molecule has 0 radical (unpaired) electrons. The number of hydrogen-bond donors (Lipinski definition) is 1. The van der Waals surface area contributed by atoms with Gasteiger partial charge in [-0.05, 0) is 49.1 Å². The maximum absolute atomic E-state index is 9.76. The Morgan fingerprint density at radius 3 is 3.00 bits per heavy atom. The number of ether oxygens (including phenoxy) is 1. The Kier molecular flexibility index (Phi) is 4.37. The van der Waals surface area contributed by atoms with Crippen molar-refractivity contribution in [2.75, 3.05) is 13.7 Å². The van der Waals surface area contributed by atoms with Crippen molar-refractivity contribution in [1.29, 1.82) is 0 Å². The summed E-state index contributed by atoms with van der Waals surface area (Å²) in [6, 6.07) is 0. The summed E-state index contributed by atoms with van der Waals surface area (Å²) >= 11 is 1.75. The molecular formula is C15H21N3O2S. The van der Waals surface area contributed by atoms with E-state index in [1.54, 1.807) is 25.4 Å². The van der Waals surface area contributed by atoms with Crippen LogP contribution in [0.25, 0.3) is 10.7 Å². The van der Waals surface area contributed by atoms with Crippen LogP contribution in [0.1, 0.15) is 42.8 Å². The van der Waals surface area contributed by atoms with E-state index in [4.69, 9.17) is 4.74 Å². The summed E-state index contributed by atoms with van der Waals surface area (Å²) in [6.07, 6.45) is 4.16. The van der Waals surface area contributed by atoms with Crippen molar-refractivity contribution in [3.05, 3.63) is 22.3 Å². The second kappa shape index (κ2) is 6.25. The molecule has 2 aromatic heterocycles. The molecule has 0 saturated carbocycles. The van der Waals surface area contributed by atoms with Gasteiger partial charge in [-0.15, -0.1) is 11.3 Å². The van der Waals surface area contributed by atoms with E-state index in [0.29, 0.717) is 19.0 Å². The maximum Gasteiger partial charge on any atom is 0.179 e. The molecule has 1 atom stereocenters. The van der Waals surface area contributed by atoms with Crippen LogP contribution in [0.15, 0.2) is 5.38 Å². The Balaban J connectivity index is 2.01. The molecule has 0 bridgehead atoms. The fourth-order valence-corrected chi connectivity index (χ4v) is 3.90. The summed E-state index contributed by atoms with van der Waals surface area (Å²) in [7, 11) is 1.68. The van der Waals surface area contributed by atoms with Gasteiger partial charge in [-0.3, -0.25) is 0 Å². The van der Waals surface area contributed by atoms with E-state index in [-0.39, 0.29) is 0 Å². The minimum absolute atomic E-state index is 0.485. The zero-order valence-corrected chi connectivity index (χ0v) is 13.3. The first-order valence-corrected chi connectivity index (χ1v) is 8.30. The molecule has 0 fully saturated rings. The predicted octanol–water partition coefficient (Wildman–Crippen LogP) is 2.59. The van der Waals surface area contributed by atoms with Crippen molar-refractivity contribution in [3.8, 4) is 10.7 Å². The summed E-state index contributed by atoms with van der Waals surface area (Å²) in [5.74, 6) is 1.36.